The molecule has 6 nitrogen and oxygen atoms in total. The molecule has 1 heterocycles. The third kappa shape index (κ3) is 12.3. The lowest BCUT2D eigenvalue weighted by Gasteiger charge is -1.68. The largest absolute Gasteiger partial charge is 0.394 e. The first-order valence-electron chi connectivity index (χ1n) is 2.55. The Kier molecular flexibility index (Phi) is 3.72. The van der Waals surface area contributed by atoms with Gasteiger partial charge < -0.3 is 0 Å². The van der Waals surface area contributed by atoms with Gasteiger partial charge in [0.1, 0.15) is 0 Å². The van der Waals surface area contributed by atoms with Gasteiger partial charge in [-0.3, -0.25) is 14.2 Å². The number of hydrogen-bond acceptors (Lipinski definition) is 3. The molecule has 0 aliphatic rings. The van der Waals surface area contributed by atoms with Crippen LogP contribution in [-0.4, -0.2) is 27.7 Å². The lowest BCUT2D eigenvalue weighted by molar-refractivity contribution is 0.381. The number of H-pyrrole nitrogens is 1. The van der Waals surface area contributed by atoms with Crippen molar-refractivity contribution in [3.8, 4) is 0 Å². The van der Waals surface area contributed by atoms with Crippen LogP contribution >= 0.6 is 0 Å². The third-order valence-electron chi connectivity index (χ3n) is 0.640. The van der Waals surface area contributed by atoms with E-state index in [1.807, 2.05) is 13.0 Å². The number of aromatic amines is 1. The van der Waals surface area contributed by atoms with Crippen molar-refractivity contribution in [3.63, 3.8) is 0 Å². The van der Waals surface area contributed by atoms with Crippen molar-refractivity contribution in [2.45, 2.75) is 6.92 Å². The summed E-state index contributed by atoms with van der Waals surface area (Å²) in [5.41, 5.74) is 1.11. The number of aromatic nitrogens is 2. The van der Waals surface area contributed by atoms with Crippen LogP contribution in [0.2, 0.25) is 0 Å². The molecule has 0 spiro atoms. The van der Waals surface area contributed by atoms with E-state index in [9.17, 15) is 0 Å². The van der Waals surface area contributed by atoms with E-state index in [0.717, 1.165) is 5.69 Å². The molecule has 0 aromatic carbocycles. The fourth-order valence-corrected chi connectivity index (χ4v) is 0.325. The number of nitrogens with one attached hydrogen (secondary N) is 1. The number of rotatable bonds is 0. The van der Waals surface area contributed by atoms with Crippen LogP contribution in [0, 0.1) is 6.92 Å². The SMILES string of the molecule is Cc1ccn[nH]1.O=S(=O)(O)O. The molecule has 0 atom stereocenters. The lowest BCUT2D eigenvalue weighted by atomic mass is 10.5. The van der Waals surface area contributed by atoms with E-state index in [2.05, 4.69) is 10.2 Å². The molecule has 0 aliphatic heterocycles. The second kappa shape index (κ2) is 4.06. The van der Waals surface area contributed by atoms with Crippen molar-refractivity contribution in [1.29, 1.82) is 0 Å². The molecule has 11 heavy (non-hydrogen) atoms. The van der Waals surface area contributed by atoms with E-state index in [0.29, 0.717) is 0 Å². The van der Waals surface area contributed by atoms with Crippen molar-refractivity contribution >= 4 is 10.4 Å². The van der Waals surface area contributed by atoms with Gasteiger partial charge in [0, 0.05) is 11.9 Å². The molecule has 0 saturated carbocycles. The average Bonchev–Trinajstić information content (AvgIpc) is 2.12. The summed E-state index contributed by atoms with van der Waals surface area (Å²) in [5, 5.41) is 6.45. The van der Waals surface area contributed by atoms with Gasteiger partial charge in [0.05, 0.1) is 0 Å². The highest BCUT2D eigenvalue weighted by atomic mass is 32.3. The zero-order chi connectivity index (χ0) is 8.91. The molecule has 0 bridgehead atoms. The number of aryl methyl sites for hydroxylation is 1. The lowest BCUT2D eigenvalue weighted by Crippen LogP contribution is -1.89. The van der Waals surface area contributed by atoms with E-state index in [1.165, 1.54) is 0 Å². The minimum Gasteiger partial charge on any atom is -0.283 e. The Labute approximate surface area is 63.8 Å². The summed E-state index contributed by atoms with van der Waals surface area (Å²) in [5.74, 6) is 0. The number of hydrogen-bond donors (Lipinski definition) is 3. The van der Waals surface area contributed by atoms with Crippen molar-refractivity contribution in [2.24, 2.45) is 0 Å². The third-order valence-corrected chi connectivity index (χ3v) is 0.640. The zero-order valence-corrected chi connectivity index (χ0v) is 6.54. The molecule has 3 N–H and O–H groups in total. The molecular weight excluding hydrogens is 172 g/mol. The minimum absolute atomic E-state index is 1.11. The van der Waals surface area contributed by atoms with Gasteiger partial charge in [0.2, 0.25) is 0 Å². The maximum Gasteiger partial charge on any atom is 0.394 e. The Morgan fingerprint density at radius 3 is 2.09 bits per heavy atom. The maximum absolute atomic E-state index is 8.74. The van der Waals surface area contributed by atoms with Gasteiger partial charge >= 0.3 is 10.4 Å². The normalized spacial score (nSPS) is 10.1. The molecular formula is C4H8N2O4S. The molecule has 0 amide bonds. The van der Waals surface area contributed by atoms with Gasteiger partial charge in [-0.2, -0.15) is 13.5 Å². The highest BCUT2D eigenvalue weighted by Gasteiger charge is 1.84. The Balaban J connectivity index is 0.000000187. The van der Waals surface area contributed by atoms with E-state index in [4.69, 9.17) is 17.5 Å². The van der Waals surface area contributed by atoms with Crippen LogP contribution in [0.15, 0.2) is 12.3 Å². The van der Waals surface area contributed by atoms with Crippen molar-refractivity contribution in [1.82, 2.24) is 10.2 Å². The molecule has 0 unspecified atom stereocenters. The fourth-order valence-electron chi connectivity index (χ4n) is 0.325. The van der Waals surface area contributed by atoms with Gasteiger partial charge in [0.25, 0.3) is 0 Å². The predicted octanol–water partition coefficient (Wildman–Crippen LogP) is 0.0653. The van der Waals surface area contributed by atoms with E-state index >= 15 is 0 Å². The summed E-state index contributed by atoms with van der Waals surface area (Å²) in [7, 11) is -4.67. The van der Waals surface area contributed by atoms with E-state index in [-0.39, 0.29) is 0 Å². The topological polar surface area (TPSA) is 103 Å². The van der Waals surface area contributed by atoms with Crippen molar-refractivity contribution in [3.05, 3.63) is 18.0 Å². The highest BCUT2D eigenvalue weighted by molar-refractivity contribution is 7.79. The van der Waals surface area contributed by atoms with Gasteiger partial charge in [-0.05, 0) is 13.0 Å². The van der Waals surface area contributed by atoms with Crippen LogP contribution in [0.25, 0.3) is 0 Å². The van der Waals surface area contributed by atoms with Gasteiger partial charge in [-0.15, -0.1) is 0 Å². The van der Waals surface area contributed by atoms with Gasteiger partial charge in [-0.25, -0.2) is 0 Å². The second-order valence-corrected chi connectivity index (χ2v) is 2.58. The Morgan fingerprint density at radius 1 is 1.55 bits per heavy atom. The predicted molar refractivity (Wildman–Crippen MR) is 37.5 cm³/mol. The molecule has 7 heteroatoms. The fraction of sp³-hybridized carbons (Fsp3) is 0.250. The van der Waals surface area contributed by atoms with E-state index < -0.39 is 10.4 Å². The molecule has 1 aromatic rings. The number of nitrogens with zero attached hydrogens (tertiary/aromatic N) is 1. The first kappa shape index (κ1) is 10.1. The Hall–Kier alpha value is -0.920. The van der Waals surface area contributed by atoms with Crippen LogP contribution in [-0.2, 0) is 10.4 Å². The second-order valence-electron chi connectivity index (χ2n) is 1.69. The summed E-state index contributed by atoms with van der Waals surface area (Å²) in [6, 6.07) is 1.92. The smallest absolute Gasteiger partial charge is 0.283 e. The Bertz CT molecular complexity index is 269. The van der Waals surface area contributed by atoms with Crippen LogP contribution < -0.4 is 0 Å². The summed E-state index contributed by atoms with van der Waals surface area (Å²) in [4.78, 5) is 0. The molecule has 64 valence electrons. The first-order valence-corrected chi connectivity index (χ1v) is 3.95. The molecule has 1 rings (SSSR count). The summed E-state index contributed by atoms with van der Waals surface area (Å²) < 4.78 is 31.6. The molecule has 0 fully saturated rings. The van der Waals surface area contributed by atoms with Crippen molar-refractivity contribution < 1.29 is 17.5 Å². The van der Waals surface area contributed by atoms with Crippen LogP contribution in [0.4, 0.5) is 0 Å². The van der Waals surface area contributed by atoms with Crippen molar-refractivity contribution in [2.75, 3.05) is 0 Å². The standard InChI is InChI=1S/C4H6N2.H2O4S/c1-4-2-3-5-6-4;1-5(2,3)4/h2-3H,1H3,(H,5,6);(H2,1,2,3,4). The minimum atomic E-state index is -4.67. The van der Waals surface area contributed by atoms with Gasteiger partial charge in [0.15, 0.2) is 0 Å². The van der Waals surface area contributed by atoms with Crippen LogP contribution in [0.5, 0.6) is 0 Å². The molecule has 0 saturated heterocycles. The summed E-state index contributed by atoms with van der Waals surface area (Å²) in [6.45, 7) is 1.97. The average molecular weight is 180 g/mol. The first-order chi connectivity index (χ1) is 4.89. The summed E-state index contributed by atoms with van der Waals surface area (Å²) >= 11 is 0. The Morgan fingerprint density at radius 2 is 2.00 bits per heavy atom. The van der Waals surface area contributed by atoms with E-state index in [1.54, 1.807) is 6.20 Å². The van der Waals surface area contributed by atoms with Crippen LogP contribution in [0.3, 0.4) is 0 Å². The molecule has 0 aliphatic carbocycles. The maximum atomic E-state index is 8.74. The van der Waals surface area contributed by atoms with Crippen LogP contribution in [0.1, 0.15) is 5.69 Å². The molecule has 0 radical (unpaired) electrons. The zero-order valence-electron chi connectivity index (χ0n) is 5.72. The highest BCUT2D eigenvalue weighted by Crippen LogP contribution is 1.82. The molecule has 1 aromatic heterocycles. The van der Waals surface area contributed by atoms with Gasteiger partial charge in [-0.1, -0.05) is 0 Å². The monoisotopic (exact) mass is 180 g/mol. The summed E-state index contributed by atoms with van der Waals surface area (Å²) in [6.07, 6.45) is 1.73. The quantitative estimate of drug-likeness (QED) is 0.490.